The van der Waals surface area contributed by atoms with Crippen LogP contribution in [0.5, 0.6) is 0 Å². The van der Waals surface area contributed by atoms with Crippen molar-refractivity contribution in [2.24, 2.45) is 4.40 Å². The van der Waals surface area contributed by atoms with Crippen LogP contribution in [0.15, 0.2) is 87.8 Å². The summed E-state index contributed by atoms with van der Waals surface area (Å²) in [6, 6.07) is 18.9. The zero-order valence-corrected chi connectivity index (χ0v) is 20.0. The third kappa shape index (κ3) is 4.77. The smallest absolute Gasteiger partial charge is 0.282 e. The van der Waals surface area contributed by atoms with Gasteiger partial charge >= 0.3 is 0 Å². The number of anilines is 1. The zero-order valence-electron chi connectivity index (χ0n) is 18.5. The van der Waals surface area contributed by atoms with E-state index in [0.29, 0.717) is 21.8 Å². The van der Waals surface area contributed by atoms with Crippen molar-refractivity contribution in [1.29, 1.82) is 0 Å². The van der Waals surface area contributed by atoms with Gasteiger partial charge in [0.05, 0.1) is 16.3 Å². The van der Waals surface area contributed by atoms with E-state index in [2.05, 4.69) is 9.71 Å². The van der Waals surface area contributed by atoms with Crippen LogP contribution in [0.4, 0.5) is 5.69 Å². The Hall–Kier alpha value is -3.22. The molecular weight excluding hydrogens is 456 g/mol. The first-order chi connectivity index (χ1) is 15.7. The van der Waals surface area contributed by atoms with E-state index in [1.165, 1.54) is 6.08 Å². The lowest BCUT2D eigenvalue weighted by Crippen LogP contribution is -2.23. The molecule has 168 valence electrons. The lowest BCUT2D eigenvalue weighted by molar-refractivity contribution is 0.103. The molecule has 0 aliphatic heterocycles. The second-order valence-electron chi connectivity index (χ2n) is 8.19. The van der Waals surface area contributed by atoms with E-state index in [1.807, 2.05) is 26.8 Å². The summed E-state index contributed by atoms with van der Waals surface area (Å²) in [7, 11) is -3.99. The molecule has 0 fully saturated rings. The van der Waals surface area contributed by atoms with Crippen LogP contribution in [-0.2, 0) is 10.0 Å². The highest BCUT2D eigenvalue weighted by atomic mass is 35.5. The van der Waals surface area contributed by atoms with Crippen LogP contribution in [0, 0.1) is 6.92 Å². The number of Topliss-reactive ketones (excluding diaryl/α,β-unsaturated/α-hetero) is 1. The number of fused-ring (bicyclic) bond motifs is 1. The molecular formula is C26H23ClN2O3S. The predicted octanol–water partition coefficient (Wildman–Crippen LogP) is 6.14. The minimum atomic E-state index is -3.99. The molecule has 1 N–H and O–H groups in total. The molecule has 0 amide bonds. The third-order valence-electron chi connectivity index (χ3n) is 5.51. The van der Waals surface area contributed by atoms with Crippen LogP contribution in [0.1, 0.15) is 46.8 Å². The van der Waals surface area contributed by atoms with Gasteiger partial charge in [-0.3, -0.25) is 4.79 Å². The highest BCUT2D eigenvalue weighted by Crippen LogP contribution is 2.28. The summed E-state index contributed by atoms with van der Waals surface area (Å²) in [4.78, 5) is 13.2. The van der Waals surface area contributed by atoms with Crippen LogP contribution < -0.4 is 5.32 Å². The molecule has 3 aromatic carbocycles. The maximum atomic E-state index is 13.1. The Balaban J connectivity index is 1.80. The molecule has 1 aliphatic carbocycles. The lowest BCUT2D eigenvalue weighted by atomic mass is 9.92. The van der Waals surface area contributed by atoms with Crippen LogP contribution >= 0.6 is 11.6 Å². The van der Waals surface area contributed by atoms with E-state index < -0.39 is 10.0 Å². The summed E-state index contributed by atoms with van der Waals surface area (Å²) in [5.74, 6) is 0.0402. The van der Waals surface area contributed by atoms with Crippen LogP contribution in [0.3, 0.4) is 0 Å². The Morgan fingerprint density at radius 1 is 0.939 bits per heavy atom. The van der Waals surface area contributed by atoms with E-state index in [4.69, 9.17) is 11.6 Å². The number of sulfonamides is 1. The van der Waals surface area contributed by atoms with Crippen LogP contribution in [0.25, 0.3) is 0 Å². The molecule has 0 saturated heterocycles. The van der Waals surface area contributed by atoms with Crippen molar-refractivity contribution in [3.8, 4) is 0 Å². The molecule has 0 spiro atoms. The first-order valence-corrected chi connectivity index (χ1v) is 12.3. The fourth-order valence-corrected chi connectivity index (χ4v) is 4.75. The Bertz CT molecular complexity index is 1410. The molecule has 0 aromatic heterocycles. The standard InChI is InChI=1S/C26H23ClN2O3S/c1-16(2)18-9-12-20(13-10-18)33(31,32)29-24-15-25(26(30)22-7-5-4-6-21(22)24)28-23-14-19(27)11-8-17(23)3/h4-16,28H,1-3H3/b29-24-. The Morgan fingerprint density at radius 3 is 2.27 bits per heavy atom. The normalized spacial score (nSPS) is 14.9. The van der Waals surface area contributed by atoms with E-state index in [0.717, 1.165) is 11.1 Å². The predicted molar refractivity (Wildman–Crippen MR) is 133 cm³/mol. The minimum absolute atomic E-state index is 0.0994. The molecule has 0 heterocycles. The molecule has 0 unspecified atom stereocenters. The van der Waals surface area contributed by atoms with Crippen LogP contribution in [0.2, 0.25) is 5.02 Å². The second kappa shape index (κ2) is 8.96. The maximum Gasteiger partial charge on any atom is 0.282 e. The van der Waals surface area contributed by atoms with E-state index >= 15 is 0 Å². The Morgan fingerprint density at radius 2 is 1.61 bits per heavy atom. The van der Waals surface area contributed by atoms with Crippen LogP contribution in [-0.4, -0.2) is 19.9 Å². The summed E-state index contributed by atoms with van der Waals surface area (Å²) >= 11 is 6.12. The van der Waals surface area contributed by atoms with Gasteiger partial charge in [-0.2, -0.15) is 12.8 Å². The zero-order chi connectivity index (χ0) is 23.8. The number of aryl methyl sites for hydroxylation is 1. The second-order valence-corrected chi connectivity index (χ2v) is 10.2. The Kier molecular flexibility index (Phi) is 6.23. The van der Waals surface area contributed by atoms with E-state index in [1.54, 1.807) is 60.7 Å². The fraction of sp³-hybridized carbons (Fsp3) is 0.154. The van der Waals surface area contributed by atoms with Gasteiger partial charge in [0.25, 0.3) is 10.0 Å². The van der Waals surface area contributed by atoms with E-state index in [-0.39, 0.29) is 28.0 Å². The minimum Gasteiger partial charge on any atom is -0.352 e. The first-order valence-electron chi connectivity index (χ1n) is 10.5. The molecule has 33 heavy (non-hydrogen) atoms. The largest absolute Gasteiger partial charge is 0.352 e. The highest BCUT2D eigenvalue weighted by Gasteiger charge is 2.26. The van der Waals surface area contributed by atoms with Gasteiger partial charge in [-0.25, -0.2) is 0 Å². The summed E-state index contributed by atoms with van der Waals surface area (Å²) < 4.78 is 30.3. The monoisotopic (exact) mass is 478 g/mol. The van der Waals surface area contributed by atoms with Gasteiger partial charge in [-0.05, 0) is 54.3 Å². The molecule has 0 saturated carbocycles. The van der Waals surface area contributed by atoms with Crippen molar-refractivity contribution in [2.75, 3.05) is 5.32 Å². The van der Waals surface area contributed by atoms with Gasteiger partial charge < -0.3 is 5.32 Å². The van der Waals surface area contributed by atoms with Crippen molar-refractivity contribution in [3.05, 3.63) is 106 Å². The number of nitrogens with one attached hydrogen (secondary N) is 1. The molecule has 0 bridgehead atoms. The molecule has 0 radical (unpaired) electrons. The number of carbonyl (C=O) groups is 1. The molecule has 1 aliphatic rings. The van der Waals surface area contributed by atoms with E-state index in [9.17, 15) is 13.2 Å². The molecule has 7 heteroatoms. The molecule has 5 nitrogen and oxygen atoms in total. The SMILES string of the molecule is Cc1ccc(Cl)cc1NC1=C/C(=N/S(=O)(=O)c2ccc(C(C)C)cc2)c2ccccc2C1=O. The average molecular weight is 479 g/mol. The van der Waals surface area contributed by atoms with Gasteiger partial charge in [-0.1, -0.05) is 67.9 Å². The molecule has 4 rings (SSSR count). The number of halogens is 1. The first kappa shape index (κ1) is 23.0. The number of benzene rings is 3. The highest BCUT2D eigenvalue weighted by molar-refractivity contribution is 7.90. The van der Waals surface area contributed by atoms with Crippen molar-refractivity contribution < 1.29 is 13.2 Å². The van der Waals surface area contributed by atoms with Crippen molar-refractivity contribution in [1.82, 2.24) is 0 Å². The van der Waals surface area contributed by atoms with Gasteiger partial charge in [0, 0.05) is 21.8 Å². The number of allylic oxidation sites excluding steroid dienone is 2. The topological polar surface area (TPSA) is 75.6 Å². The van der Waals surface area contributed by atoms with Gasteiger partial charge in [-0.15, -0.1) is 0 Å². The molecule has 3 aromatic rings. The molecule has 0 atom stereocenters. The quantitative estimate of drug-likeness (QED) is 0.477. The number of hydrogen-bond acceptors (Lipinski definition) is 4. The van der Waals surface area contributed by atoms with Crippen molar-refractivity contribution in [3.63, 3.8) is 0 Å². The maximum absolute atomic E-state index is 13.1. The summed E-state index contributed by atoms with van der Waals surface area (Å²) in [6.07, 6.45) is 1.48. The van der Waals surface area contributed by atoms with Gasteiger partial charge in [0.1, 0.15) is 0 Å². The average Bonchev–Trinajstić information content (AvgIpc) is 2.79. The number of hydrogen-bond donors (Lipinski definition) is 1. The lowest BCUT2D eigenvalue weighted by Gasteiger charge is -2.19. The number of rotatable bonds is 5. The summed E-state index contributed by atoms with van der Waals surface area (Å²) in [6.45, 7) is 5.97. The number of nitrogens with zero attached hydrogens (tertiary/aromatic N) is 1. The summed E-state index contributed by atoms with van der Waals surface area (Å²) in [5, 5.41) is 3.63. The van der Waals surface area contributed by atoms with Gasteiger partial charge in [0.2, 0.25) is 5.78 Å². The number of carbonyl (C=O) groups excluding carboxylic acids is 1. The Labute approximate surface area is 198 Å². The summed E-state index contributed by atoms with van der Waals surface area (Å²) in [5.41, 5.74) is 3.86. The van der Waals surface area contributed by atoms with Gasteiger partial charge in [0.15, 0.2) is 0 Å². The van der Waals surface area contributed by atoms with Crippen molar-refractivity contribution in [2.45, 2.75) is 31.6 Å². The third-order valence-corrected chi connectivity index (χ3v) is 7.05. The fourth-order valence-electron chi connectivity index (χ4n) is 3.58. The number of ketones is 1. The van der Waals surface area contributed by atoms with Crippen molar-refractivity contribution >= 4 is 38.8 Å².